The number of phenolic OH excluding ortho intramolecular Hbond substituents is 1. The van der Waals surface area contributed by atoms with Crippen LogP contribution in [0.15, 0.2) is 72.2 Å². The van der Waals surface area contributed by atoms with Gasteiger partial charge >= 0.3 is 0 Å². The van der Waals surface area contributed by atoms with Gasteiger partial charge in [0, 0.05) is 93.2 Å². The van der Waals surface area contributed by atoms with Gasteiger partial charge < -0.3 is 14.9 Å². The highest BCUT2D eigenvalue weighted by Crippen LogP contribution is 2.38. The van der Waals surface area contributed by atoms with Crippen LogP contribution in [-0.4, -0.2) is 93.7 Å². The van der Waals surface area contributed by atoms with Crippen molar-refractivity contribution in [3.63, 3.8) is 0 Å². The number of carbonyl (C=O) groups is 4. The third-order valence-electron chi connectivity index (χ3n) is 11.2. The SMILES string of the molecule is O=C1CCC(c2ccccc2CN2CCN(C3CCN(c4ccc5c(c4)C(=O)N(C(C(=O)Nc4nccs4)c4cc(F)ccc4O)C5)CC3)CC2)C(=O)N1. The first-order valence-electron chi connectivity index (χ1n) is 18.5. The Bertz CT molecular complexity index is 2060. The summed E-state index contributed by atoms with van der Waals surface area (Å²) in [6, 6.07) is 16.5. The number of imide groups is 1. The molecule has 1 aromatic heterocycles. The quantitative estimate of drug-likeness (QED) is 0.209. The summed E-state index contributed by atoms with van der Waals surface area (Å²) >= 11 is 1.22. The van der Waals surface area contributed by atoms with Crippen molar-refractivity contribution in [2.24, 2.45) is 0 Å². The fraction of sp³-hybridized carbons (Fsp3) is 0.375. The van der Waals surface area contributed by atoms with Gasteiger partial charge in [0.1, 0.15) is 17.6 Å². The molecule has 4 aliphatic rings. The Kier molecular flexibility index (Phi) is 10.1. The number of thiazole rings is 1. The first-order chi connectivity index (χ1) is 26.2. The van der Waals surface area contributed by atoms with E-state index in [9.17, 15) is 28.7 Å². The van der Waals surface area contributed by atoms with E-state index in [0.29, 0.717) is 29.6 Å². The molecule has 54 heavy (non-hydrogen) atoms. The Hall–Kier alpha value is -5.18. The molecule has 0 bridgehead atoms. The molecule has 2 atom stereocenters. The van der Waals surface area contributed by atoms with Crippen molar-refractivity contribution >= 4 is 45.8 Å². The van der Waals surface area contributed by atoms with E-state index in [0.717, 1.165) is 93.2 Å². The van der Waals surface area contributed by atoms with Crippen LogP contribution in [0.2, 0.25) is 0 Å². The van der Waals surface area contributed by atoms with Crippen LogP contribution in [0.3, 0.4) is 0 Å². The summed E-state index contributed by atoms with van der Waals surface area (Å²) in [5, 5.41) is 18.0. The Morgan fingerprint density at radius 3 is 2.54 bits per heavy atom. The highest BCUT2D eigenvalue weighted by Gasteiger charge is 2.40. The van der Waals surface area contributed by atoms with Crippen molar-refractivity contribution in [1.82, 2.24) is 25.0 Å². The van der Waals surface area contributed by atoms with Crippen molar-refractivity contribution < 1.29 is 28.7 Å². The first kappa shape index (κ1) is 35.8. The molecule has 3 saturated heterocycles. The number of anilines is 2. The van der Waals surface area contributed by atoms with Crippen LogP contribution in [0.25, 0.3) is 0 Å². The maximum atomic E-state index is 14.4. The summed E-state index contributed by atoms with van der Waals surface area (Å²) in [6.07, 6.45) is 4.45. The lowest BCUT2D eigenvalue weighted by Gasteiger charge is -2.43. The number of hydrogen-bond acceptors (Lipinski definition) is 10. The molecule has 4 aromatic rings. The molecular formula is C40H42FN7O5S. The summed E-state index contributed by atoms with van der Waals surface area (Å²) in [4.78, 5) is 64.7. The first-order valence-corrected chi connectivity index (χ1v) is 19.4. The van der Waals surface area contributed by atoms with E-state index in [1.165, 1.54) is 22.3 Å². The van der Waals surface area contributed by atoms with E-state index in [1.54, 1.807) is 11.6 Å². The number of rotatable bonds is 9. The minimum Gasteiger partial charge on any atom is -0.508 e. The molecule has 4 aliphatic heterocycles. The van der Waals surface area contributed by atoms with Crippen LogP contribution < -0.4 is 15.5 Å². The van der Waals surface area contributed by atoms with Gasteiger partial charge in [-0.3, -0.25) is 39.6 Å². The molecule has 3 fully saturated rings. The van der Waals surface area contributed by atoms with E-state index in [4.69, 9.17) is 0 Å². The van der Waals surface area contributed by atoms with E-state index >= 15 is 0 Å². The summed E-state index contributed by atoms with van der Waals surface area (Å²) in [7, 11) is 0. The van der Waals surface area contributed by atoms with Gasteiger partial charge in [-0.25, -0.2) is 9.37 Å². The topological polar surface area (TPSA) is 138 Å². The Balaban J connectivity index is 0.883. The average molecular weight is 752 g/mol. The molecule has 2 unspecified atom stereocenters. The summed E-state index contributed by atoms with van der Waals surface area (Å²) in [5.74, 6) is -2.55. The molecule has 5 heterocycles. The van der Waals surface area contributed by atoms with Gasteiger partial charge in [-0.1, -0.05) is 30.3 Å². The maximum Gasteiger partial charge on any atom is 0.255 e. The molecule has 14 heteroatoms. The fourth-order valence-corrected chi connectivity index (χ4v) is 8.93. The van der Waals surface area contributed by atoms with Crippen molar-refractivity contribution in [2.45, 2.75) is 56.8 Å². The van der Waals surface area contributed by atoms with Crippen molar-refractivity contribution in [1.29, 1.82) is 0 Å². The van der Waals surface area contributed by atoms with E-state index in [2.05, 4.69) is 36.4 Å². The lowest BCUT2D eigenvalue weighted by atomic mass is 9.87. The second kappa shape index (κ2) is 15.3. The van der Waals surface area contributed by atoms with Crippen LogP contribution in [-0.2, 0) is 27.5 Å². The van der Waals surface area contributed by atoms with Gasteiger partial charge in [-0.05, 0) is 66.3 Å². The van der Waals surface area contributed by atoms with Crippen LogP contribution in [0.1, 0.15) is 70.3 Å². The molecular weight excluding hydrogens is 710 g/mol. The monoisotopic (exact) mass is 751 g/mol. The fourth-order valence-electron chi connectivity index (χ4n) is 8.40. The highest BCUT2D eigenvalue weighted by molar-refractivity contribution is 7.13. The largest absolute Gasteiger partial charge is 0.508 e. The van der Waals surface area contributed by atoms with Crippen molar-refractivity contribution in [2.75, 3.05) is 49.5 Å². The molecule has 280 valence electrons. The number of piperidine rings is 2. The summed E-state index contributed by atoms with van der Waals surface area (Å²) in [5.41, 5.74) is 4.36. The zero-order valence-corrected chi connectivity index (χ0v) is 30.6. The maximum absolute atomic E-state index is 14.4. The average Bonchev–Trinajstić information content (AvgIpc) is 3.81. The van der Waals surface area contributed by atoms with Gasteiger partial charge in [0.25, 0.3) is 11.8 Å². The lowest BCUT2D eigenvalue weighted by molar-refractivity contribution is -0.134. The molecule has 0 aliphatic carbocycles. The normalized spacial score (nSPS) is 20.5. The number of aromatic hydroxyl groups is 1. The van der Waals surface area contributed by atoms with Gasteiger partial charge in [0.2, 0.25) is 11.8 Å². The van der Waals surface area contributed by atoms with Crippen LogP contribution in [0, 0.1) is 5.82 Å². The predicted molar refractivity (Wildman–Crippen MR) is 202 cm³/mol. The number of nitrogens with zero attached hydrogens (tertiary/aromatic N) is 5. The Morgan fingerprint density at radius 2 is 1.78 bits per heavy atom. The highest BCUT2D eigenvalue weighted by atomic mass is 32.1. The van der Waals surface area contributed by atoms with Crippen LogP contribution in [0.4, 0.5) is 15.2 Å². The minimum atomic E-state index is -1.27. The van der Waals surface area contributed by atoms with Crippen molar-refractivity contribution in [3.05, 3.63) is 106 Å². The third kappa shape index (κ3) is 7.33. The van der Waals surface area contributed by atoms with Crippen LogP contribution in [0.5, 0.6) is 5.75 Å². The third-order valence-corrected chi connectivity index (χ3v) is 11.9. The number of fused-ring (bicyclic) bond motifs is 1. The van der Waals surface area contributed by atoms with Gasteiger partial charge in [0.05, 0.1) is 5.92 Å². The van der Waals surface area contributed by atoms with Gasteiger partial charge in [-0.2, -0.15) is 0 Å². The number of piperazine rings is 1. The number of aromatic nitrogens is 1. The van der Waals surface area contributed by atoms with E-state index in [-0.39, 0.29) is 41.5 Å². The number of nitrogens with one attached hydrogen (secondary N) is 2. The molecule has 3 aromatic carbocycles. The Labute approximate surface area is 316 Å². The second-order valence-corrected chi connectivity index (χ2v) is 15.3. The number of carbonyl (C=O) groups excluding carboxylic acids is 4. The second-order valence-electron chi connectivity index (χ2n) is 14.4. The van der Waals surface area contributed by atoms with E-state index < -0.39 is 17.8 Å². The van der Waals surface area contributed by atoms with Crippen LogP contribution >= 0.6 is 11.3 Å². The minimum absolute atomic E-state index is 0.00498. The lowest BCUT2D eigenvalue weighted by Crippen LogP contribution is -2.53. The van der Waals surface area contributed by atoms with E-state index in [1.807, 2.05) is 36.4 Å². The molecule has 8 rings (SSSR count). The number of benzene rings is 3. The predicted octanol–water partition coefficient (Wildman–Crippen LogP) is 4.63. The zero-order valence-electron chi connectivity index (χ0n) is 29.7. The molecule has 12 nitrogen and oxygen atoms in total. The zero-order chi connectivity index (χ0) is 37.3. The molecule has 0 saturated carbocycles. The molecule has 0 radical (unpaired) electrons. The molecule has 0 spiro atoms. The Morgan fingerprint density at radius 1 is 0.981 bits per heavy atom. The van der Waals surface area contributed by atoms with Crippen molar-refractivity contribution in [3.8, 4) is 5.75 Å². The summed E-state index contributed by atoms with van der Waals surface area (Å²) in [6.45, 7) is 6.40. The number of halogens is 1. The van der Waals surface area contributed by atoms with Gasteiger partial charge in [0.15, 0.2) is 5.13 Å². The standard InChI is InChI=1S/C40H42FN7O5S/c41-27-6-9-34(49)33(21-27)36(38(52)44-40-42-13-20-54-40)48-24-26-5-7-29(22-32(26)39(48)53)46-14-11-28(12-15-46)47-18-16-45(17-19-47)23-25-3-1-2-4-30(25)31-8-10-35(50)43-37(31)51/h1-7,9,13,20-22,28,31,36,49H,8,10-12,14-19,23-24H2,(H,42,44,52)(H,43,50,51). The van der Waals surface area contributed by atoms with Gasteiger partial charge in [-0.15, -0.1) is 11.3 Å². The number of phenols is 1. The molecule has 4 amide bonds. The smallest absolute Gasteiger partial charge is 0.255 e. The number of hydrogen-bond donors (Lipinski definition) is 3. The molecule has 3 N–H and O–H groups in total. The summed E-state index contributed by atoms with van der Waals surface area (Å²) < 4.78 is 14.4. The number of amides is 4.